The van der Waals surface area contributed by atoms with E-state index in [-0.39, 0.29) is 5.56 Å². The Hall–Kier alpha value is -3.35. The van der Waals surface area contributed by atoms with Crippen molar-refractivity contribution in [2.45, 2.75) is 13.5 Å². The zero-order valence-electron chi connectivity index (χ0n) is 13.0. The lowest BCUT2D eigenvalue weighted by Crippen LogP contribution is -2.11. The Balaban J connectivity index is 1.79. The molecule has 0 amide bonds. The number of nitrogens with zero attached hydrogens (tertiary/aromatic N) is 5. The van der Waals surface area contributed by atoms with E-state index in [1.54, 1.807) is 6.20 Å². The van der Waals surface area contributed by atoms with Crippen molar-refractivity contribution in [2.75, 3.05) is 0 Å². The van der Waals surface area contributed by atoms with Gasteiger partial charge in [0.15, 0.2) is 5.82 Å². The molecule has 0 saturated heterocycles. The third kappa shape index (κ3) is 2.56. The number of aryl methyl sites for hydroxylation is 1. The lowest BCUT2D eigenvalue weighted by molar-refractivity contribution is 0.770. The molecule has 3 aromatic heterocycles. The lowest BCUT2D eigenvalue weighted by atomic mass is 10.2. The molecule has 0 unspecified atom stereocenters. The van der Waals surface area contributed by atoms with Crippen LogP contribution in [0.2, 0.25) is 0 Å². The van der Waals surface area contributed by atoms with Crippen LogP contribution in [0, 0.1) is 6.92 Å². The fourth-order valence-electron chi connectivity index (χ4n) is 2.62. The van der Waals surface area contributed by atoms with Gasteiger partial charge in [0, 0.05) is 18.5 Å². The van der Waals surface area contributed by atoms with Gasteiger partial charge >= 0.3 is 0 Å². The summed E-state index contributed by atoms with van der Waals surface area (Å²) >= 11 is 0. The van der Waals surface area contributed by atoms with E-state index in [4.69, 9.17) is 4.98 Å². The van der Waals surface area contributed by atoms with Gasteiger partial charge in [0.05, 0.1) is 35.3 Å². The Labute approximate surface area is 137 Å². The molecule has 0 fully saturated rings. The maximum Gasteiger partial charge on any atom is 0.250 e. The Morgan fingerprint density at radius 2 is 1.92 bits per heavy atom. The van der Waals surface area contributed by atoms with Crippen LogP contribution in [-0.4, -0.2) is 29.5 Å². The molecule has 118 valence electrons. The molecule has 7 heteroatoms. The van der Waals surface area contributed by atoms with Gasteiger partial charge in [0.2, 0.25) is 0 Å². The number of hydrogen-bond acceptors (Lipinski definition) is 5. The first-order chi connectivity index (χ1) is 11.7. The number of nitrogens with one attached hydrogen (secondary N) is 1. The SMILES string of the molecule is Cc1nc2ccccc2nc1-c1nccn1Cc1cc(=O)[nH]cn1. The van der Waals surface area contributed by atoms with Crippen LogP contribution in [0.3, 0.4) is 0 Å². The molecule has 1 N–H and O–H groups in total. The molecule has 4 rings (SSSR count). The molecule has 0 radical (unpaired) electrons. The van der Waals surface area contributed by atoms with E-state index in [0.29, 0.717) is 18.1 Å². The Kier molecular flexibility index (Phi) is 3.38. The molecule has 0 atom stereocenters. The van der Waals surface area contributed by atoms with Gasteiger partial charge in [-0.1, -0.05) is 12.1 Å². The van der Waals surface area contributed by atoms with Crippen LogP contribution in [0.5, 0.6) is 0 Å². The molecule has 0 saturated carbocycles. The van der Waals surface area contributed by atoms with Gasteiger partial charge in [-0.2, -0.15) is 0 Å². The van der Waals surface area contributed by atoms with E-state index in [0.717, 1.165) is 22.4 Å². The molecule has 3 heterocycles. The number of hydrogen-bond donors (Lipinski definition) is 1. The topological polar surface area (TPSA) is 89.4 Å². The van der Waals surface area contributed by atoms with Gasteiger partial charge in [0.25, 0.3) is 5.56 Å². The Morgan fingerprint density at radius 1 is 1.12 bits per heavy atom. The van der Waals surface area contributed by atoms with Crippen LogP contribution in [-0.2, 0) is 6.54 Å². The molecule has 1 aromatic carbocycles. The largest absolute Gasteiger partial charge is 0.324 e. The van der Waals surface area contributed by atoms with Crippen molar-refractivity contribution in [1.82, 2.24) is 29.5 Å². The third-order valence-corrected chi connectivity index (χ3v) is 3.74. The number of para-hydroxylation sites is 2. The standard InChI is InChI=1S/C17H14N6O/c1-11-16(22-14-5-3-2-4-13(14)21-11)17-18-6-7-23(17)9-12-8-15(24)20-10-19-12/h2-8,10H,9H2,1H3,(H,19,20,24). The summed E-state index contributed by atoms with van der Waals surface area (Å²) in [6, 6.07) is 9.21. The second kappa shape index (κ2) is 5.69. The summed E-state index contributed by atoms with van der Waals surface area (Å²) in [4.78, 5) is 31.9. The highest BCUT2D eigenvalue weighted by Gasteiger charge is 2.13. The fraction of sp³-hybridized carbons (Fsp3) is 0.118. The lowest BCUT2D eigenvalue weighted by Gasteiger charge is -2.09. The second-order valence-corrected chi connectivity index (χ2v) is 5.43. The fourth-order valence-corrected chi connectivity index (χ4v) is 2.62. The first kappa shape index (κ1) is 14.3. The first-order valence-corrected chi connectivity index (χ1v) is 7.49. The van der Waals surface area contributed by atoms with Gasteiger partial charge in [-0.3, -0.25) is 4.79 Å². The van der Waals surface area contributed by atoms with Crippen LogP contribution >= 0.6 is 0 Å². The van der Waals surface area contributed by atoms with E-state index < -0.39 is 0 Å². The molecule has 0 spiro atoms. The van der Waals surface area contributed by atoms with E-state index in [1.807, 2.05) is 42.0 Å². The normalized spacial score (nSPS) is 11.0. The minimum absolute atomic E-state index is 0.177. The van der Waals surface area contributed by atoms with Gasteiger partial charge in [-0.05, 0) is 19.1 Å². The van der Waals surface area contributed by atoms with E-state index in [1.165, 1.54) is 12.4 Å². The Bertz CT molecular complexity index is 1080. The van der Waals surface area contributed by atoms with Crippen LogP contribution < -0.4 is 5.56 Å². The minimum Gasteiger partial charge on any atom is -0.324 e. The third-order valence-electron chi connectivity index (χ3n) is 3.74. The monoisotopic (exact) mass is 318 g/mol. The summed E-state index contributed by atoms with van der Waals surface area (Å²) in [6.07, 6.45) is 4.95. The van der Waals surface area contributed by atoms with Gasteiger partial charge in [0.1, 0.15) is 5.69 Å². The van der Waals surface area contributed by atoms with Crippen LogP contribution in [0.25, 0.3) is 22.6 Å². The predicted octanol–water partition coefficient (Wildman–Crippen LogP) is 1.93. The number of imidazole rings is 1. The van der Waals surface area contributed by atoms with Crippen LogP contribution in [0.1, 0.15) is 11.4 Å². The van der Waals surface area contributed by atoms with Crippen molar-refractivity contribution in [3.63, 3.8) is 0 Å². The summed E-state index contributed by atoms with van der Waals surface area (Å²) < 4.78 is 1.91. The maximum absolute atomic E-state index is 11.4. The Morgan fingerprint density at radius 3 is 2.71 bits per heavy atom. The minimum atomic E-state index is -0.177. The van der Waals surface area contributed by atoms with Crippen molar-refractivity contribution < 1.29 is 0 Å². The molecule has 0 aliphatic rings. The average Bonchev–Trinajstić information content (AvgIpc) is 3.02. The molecule has 0 bridgehead atoms. The van der Waals surface area contributed by atoms with Crippen molar-refractivity contribution in [3.05, 3.63) is 70.8 Å². The summed E-state index contributed by atoms with van der Waals surface area (Å²) in [6.45, 7) is 2.35. The molecule has 0 aliphatic heterocycles. The van der Waals surface area contributed by atoms with Crippen molar-refractivity contribution in [3.8, 4) is 11.5 Å². The summed E-state index contributed by atoms with van der Waals surface area (Å²) in [5.74, 6) is 0.702. The summed E-state index contributed by atoms with van der Waals surface area (Å²) in [5, 5.41) is 0. The van der Waals surface area contributed by atoms with E-state index >= 15 is 0 Å². The first-order valence-electron chi connectivity index (χ1n) is 7.49. The van der Waals surface area contributed by atoms with Crippen molar-refractivity contribution in [2.24, 2.45) is 0 Å². The number of aromatic nitrogens is 6. The van der Waals surface area contributed by atoms with Gasteiger partial charge in [-0.25, -0.2) is 19.9 Å². The number of aromatic amines is 1. The van der Waals surface area contributed by atoms with Gasteiger partial charge in [-0.15, -0.1) is 0 Å². The van der Waals surface area contributed by atoms with Gasteiger partial charge < -0.3 is 9.55 Å². The number of fused-ring (bicyclic) bond motifs is 1. The number of rotatable bonds is 3. The number of benzene rings is 1. The molecular formula is C17H14N6O. The van der Waals surface area contributed by atoms with Crippen molar-refractivity contribution >= 4 is 11.0 Å². The summed E-state index contributed by atoms with van der Waals surface area (Å²) in [7, 11) is 0. The quantitative estimate of drug-likeness (QED) is 0.623. The molecule has 24 heavy (non-hydrogen) atoms. The van der Waals surface area contributed by atoms with E-state index in [2.05, 4.69) is 19.9 Å². The number of H-pyrrole nitrogens is 1. The van der Waals surface area contributed by atoms with Crippen LogP contribution in [0.15, 0.2) is 53.8 Å². The summed E-state index contributed by atoms with van der Waals surface area (Å²) in [5.41, 5.74) is 3.69. The smallest absolute Gasteiger partial charge is 0.250 e. The highest BCUT2D eigenvalue weighted by Crippen LogP contribution is 2.22. The maximum atomic E-state index is 11.4. The highest BCUT2D eigenvalue weighted by atomic mass is 16.1. The highest BCUT2D eigenvalue weighted by molar-refractivity contribution is 5.77. The second-order valence-electron chi connectivity index (χ2n) is 5.43. The molecule has 4 aromatic rings. The molecular weight excluding hydrogens is 304 g/mol. The van der Waals surface area contributed by atoms with Crippen LogP contribution in [0.4, 0.5) is 0 Å². The zero-order valence-corrected chi connectivity index (χ0v) is 13.0. The van der Waals surface area contributed by atoms with E-state index in [9.17, 15) is 4.79 Å². The van der Waals surface area contributed by atoms with Crippen molar-refractivity contribution in [1.29, 1.82) is 0 Å². The molecule has 7 nitrogen and oxygen atoms in total. The molecule has 0 aliphatic carbocycles. The zero-order chi connectivity index (χ0) is 16.5. The predicted molar refractivity (Wildman–Crippen MR) is 89.5 cm³/mol. The average molecular weight is 318 g/mol.